The van der Waals surface area contributed by atoms with Crippen LogP contribution in [0.25, 0.3) is 11.0 Å². The second-order valence-electron chi connectivity index (χ2n) is 7.91. The van der Waals surface area contributed by atoms with Gasteiger partial charge in [0.15, 0.2) is 11.6 Å². The molecule has 0 aliphatic carbocycles. The van der Waals surface area contributed by atoms with E-state index in [9.17, 15) is 14.7 Å². The third kappa shape index (κ3) is 3.89. The van der Waals surface area contributed by atoms with Gasteiger partial charge in [0.1, 0.15) is 5.75 Å². The minimum atomic E-state index is -0.818. The molecule has 1 saturated heterocycles. The Labute approximate surface area is 189 Å². The molecule has 2 atom stereocenters. The lowest BCUT2D eigenvalue weighted by atomic mass is 10.0. The topological polar surface area (TPSA) is 121 Å². The fourth-order valence-electron chi connectivity index (χ4n) is 4.14. The smallest absolute Gasteiger partial charge is 0.308 e. The van der Waals surface area contributed by atoms with E-state index in [4.69, 9.17) is 4.74 Å². The number of rotatable bonds is 6. The van der Waals surface area contributed by atoms with E-state index in [0.717, 1.165) is 11.0 Å². The number of carboxylic acid groups (broad SMARTS) is 1. The summed E-state index contributed by atoms with van der Waals surface area (Å²) in [6.45, 7) is 2.42. The summed E-state index contributed by atoms with van der Waals surface area (Å²) < 4.78 is 5.96. The molecular formula is C24H21N5O4. The number of ketones is 1. The van der Waals surface area contributed by atoms with Crippen LogP contribution in [-0.4, -0.2) is 49.4 Å². The summed E-state index contributed by atoms with van der Waals surface area (Å²) in [7, 11) is 0. The summed E-state index contributed by atoms with van der Waals surface area (Å²) >= 11 is 0. The zero-order valence-electron chi connectivity index (χ0n) is 17.8. The van der Waals surface area contributed by atoms with Crippen LogP contribution < -0.4 is 9.64 Å². The Hall–Kier alpha value is -4.27. The highest BCUT2D eigenvalue weighted by Gasteiger charge is 2.37. The number of anilines is 1. The van der Waals surface area contributed by atoms with E-state index in [0.29, 0.717) is 30.1 Å². The number of hydrogen-bond acceptors (Lipinski definition) is 7. The van der Waals surface area contributed by atoms with Gasteiger partial charge in [-0.3, -0.25) is 9.59 Å². The van der Waals surface area contributed by atoms with E-state index in [1.807, 2.05) is 36.1 Å². The van der Waals surface area contributed by atoms with Crippen LogP contribution >= 0.6 is 0 Å². The van der Waals surface area contributed by atoms with Crippen molar-refractivity contribution in [2.45, 2.75) is 19.4 Å². The number of para-hydroxylation sites is 2. The molecule has 9 nitrogen and oxygen atoms in total. The number of H-pyrrole nitrogens is 1. The largest absolute Gasteiger partial charge is 0.481 e. The quantitative estimate of drug-likeness (QED) is 0.433. The van der Waals surface area contributed by atoms with Crippen molar-refractivity contribution in [1.29, 1.82) is 0 Å². The Bertz CT molecular complexity index is 1300. The molecular weight excluding hydrogens is 422 g/mol. The number of aromatic nitrogens is 4. The number of carbonyl (C=O) groups is 2. The molecule has 2 aromatic heterocycles. The molecule has 2 N–H and O–H groups in total. The monoisotopic (exact) mass is 443 g/mol. The van der Waals surface area contributed by atoms with Crippen molar-refractivity contribution in [2.75, 3.05) is 11.4 Å². The molecule has 166 valence electrons. The number of aromatic amines is 1. The van der Waals surface area contributed by atoms with Crippen molar-refractivity contribution in [3.8, 4) is 11.6 Å². The minimum absolute atomic E-state index is 0.219. The third-order valence-electron chi connectivity index (χ3n) is 5.93. The van der Waals surface area contributed by atoms with Gasteiger partial charge in [-0.25, -0.2) is 15.0 Å². The Morgan fingerprint density at radius 3 is 2.58 bits per heavy atom. The average molecular weight is 443 g/mol. The van der Waals surface area contributed by atoms with Crippen LogP contribution in [0.2, 0.25) is 0 Å². The van der Waals surface area contributed by atoms with Gasteiger partial charge in [0, 0.05) is 30.5 Å². The number of nitrogens with zero attached hydrogens (tertiary/aromatic N) is 4. The van der Waals surface area contributed by atoms with Crippen LogP contribution in [0.15, 0.2) is 60.9 Å². The number of hydrogen-bond donors (Lipinski definition) is 2. The van der Waals surface area contributed by atoms with Gasteiger partial charge in [-0.05, 0) is 49.7 Å². The predicted molar refractivity (Wildman–Crippen MR) is 121 cm³/mol. The standard InChI is InChI=1S/C24H21N5O4/c1-14-17(24(31)32)10-13-29(14)22-23(26-12-11-25-22)33-16-8-6-15(7-9-16)20(30)21-27-18-4-2-3-5-19(18)28-21/h2-9,11-12,14,17H,10,13H2,1H3,(H,27,28)(H,31,32)/t14-,17?/m1/s1. The molecule has 1 unspecified atom stereocenters. The predicted octanol–water partition coefficient (Wildman–Crippen LogP) is 3.68. The first-order valence-corrected chi connectivity index (χ1v) is 10.6. The van der Waals surface area contributed by atoms with Crippen molar-refractivity contribution in [2.24, 2.45) is 5.92 Å². The summed E-state index contributed by atoms with van der Waals surface area (Å²) in [5.41, 5.74) is 2.01. The van der Waals surface area contributed by atoms with Crippen LogP contribution in [0.1, 0.15) is 29.5 Å². The molecule has 3 heterocycles. The Balaban J connectivity index is 1.35. The summed E-state index contributed by atoms with van der Waals surface area (Å²) in [6, 6.07) is 13.9. The SMILES string of the molecule is C[C@@H]1C(C(=O)O)CCN1c1nccnc1Oc1ccc(C(=O)c2nc3ccccc3[nH]2)cc1. The van der Waals surface area contributed by atoms with Crippen molar-refractivity contribution in [3.05, 3.63) is 72.3 Å². The van der Waals surface area contributed by atoms with E-state index in [1.54, 1.807) is 30.5 Å². The molecule has 4 aromatic rings. The molecule has 1 aliphatic heterocycles. The number of imidazole rings is 1. The maximum Gasteiger partial charge on any atom is 0.308 e. The molecule has 1 aliphatic rings. The van der Waals surface area contributed by atoms with Crippen molar-refractivity contribution in [1.82, 2.24) is 19.9 Å². The van der Waals surface area contributed by atoms with E-state index in [-0.39, 0.29) is 23.5 Å². The lowest BCUT2D eigenvalue weighted by Crippen LogP contribution is -2.33. The van der Waals surface area contributed by atoms with E-state index < -0.39 is 11.9 Å². The lowest BCUT2D eigenvalue weighted by Gasteiger charge is -2.25. The molecule has 0 spiro atoms. The van der Waals surface area contributed by atoms with Crippen LogP contribution in [-0.2, 0) is 4.79 Å². The van der Waals surface area contributed by atoms with Gasteiger partial charge in [0.2, 0.25) is 5.78 Å². The molecule has 0 radical (unpaired) electrons. The lowest BCUT2D eigenvalue weighted by molar-refractivity contribution is -0.141. The van der Waals surface area contributed by atoms with Gasteiger partial charge in [-0.2, -0.15) is 0 Å². The zero-order chi connectivity index (χ0) is 22.9. The zero-order valence-corrected chi connectivity index (χ0v) is 17.8. The van der Waals surface area contributed by atoms with E-state index in [2.05, 4.69) is 19.9 Å². The average Bonchev–Trinajstić information content (AvgIpc) is 3.43. The van der Waals surface area contributed by atoms with E-state index >= 15 is 0 Å². The summed E-state index contributed by atoms with van der Waals surface area (Å²) in [5.74, 6) is 0.0348. The fraction of sp³-hybridized carbons (Fsp3) is 0.208. The molecule has 5 rings (SSSR count). The number of nitrogens with one attached hydrogen (secondary N) is 1. The highest BCUT2D eigenvalue weighted by Crippen LogP contribution is 2.35. The summed E-state index contributed by atoms with van der Waals surface area (Å²) in [6.07, 6.45) is 3.61. The van der Waals surface area contributed by atoms with Crippen LogP contribution in [0.3, 0.4) is 0 Å². The number of ether oxygens (including phenoxy) is 1. The number of aliphatic carboxylic acids is 1. The third-order valence-corrected chi connectivity index (χ3v) is 5.93. The molecule has 1 fully saturated rings. The Kier molecular flexibility index (Phi) is 5.21. The molecule has 0 bridgehead atoms. The normalized spacial score (nSPS) is 17.9. The van der Waals surface area contributed by atoms with Gasteiger partial charge in [0.05, 0.1) is 17.0 Å². The number of benzene rings is 2. The first kappa shape index (κ1) is 20.6. The van der Waals surface area contributed by atoms with Gasteiger partial charge >= 0.3 is 5.97 Å². The van der Waals surface area contributed by atoms with Crippen molar-refractivity contribution in [3.63, 3.8) is 0 Å². The maximum absolute atomic E-state index is 12.8. The number of carbonyl (C=O) groups excluding carboxylic acids is 1. The molecule has 0 amide bonds. The minimum Gasteiger partial charge on any atom is -0.481 e. The van der Waals surface area contributed by atoms with Crippen LogP contribution in [0, 0.1) is 5.92 Å². The van der Waals surface area contributed by atoms with Crippen LogP contribution in [0.4, 0.5) is 5.82 Å². The molecule has 33 heavy (non-hydrogen) atoms. The first-order chi connectivity index (χ1) is 16.0. The summed E-state index contributed by atoms with van der Waals surface area (Å²) in [4.78, 5) is 42.3. The van der Waals surface area contributed by atoms with Gasteiger partial charge < -0.3 is 19.7 Å². The molecule has 9 heteroatoms. The number of carboxylic acids is 1. The van der Waals surface area contributed by atoms with E-state index in [1.165, 1.54) is 6.20 Å². The van der Waals surface area contributed by atoms with Crippen molar-refractivity contribution >= 4 is 28.6 Å². The second kappa shape index (κ2) is 8.34. The Morgan fingerprint density at radius 1 is 1.09 bits per heavy atom. The first-order valence-electron chi connectivity index (χ1n) is 10.6. The van der Waals surface area contributed by atoms with Crippen molar-refractivity contribution < 1.29 is 19.4 Å². The van der Waals surface area contributed by atoms with Gasteiger partial charge in [-0.1, -0.05) is 12.1 Å². The Morgan fingerprint density at radius 2 is 1.85 bits per heavy atom. The van der Waals surface area contributed by atoms with Crippen LogP contribution in [0.5, 0.6) is 11.6 Å². The molecule has 0 saturated carbocycles. The van der Waals surface area contributed by atoms with Gasteiger partial charge in [-0.15, -0.1) is 0 Å². The number of fused-ring (bicyclic) bond motifs is 1. The molecule has 2 aromatic carbocycles. The highest BCUT2D eigenvalue weighted by molar-refractivity contribution is 6.08. The second-order valence-corrected chi connectivity index (χ2v) is 7.91. The summed E-state index contributed by atoms with van der Waals surface area (Å²) in [5, 5.41) is 9.42. The highest BCUT2D eigenvalue weighted by atomic mass is 16.5. The van der Waals surface area contributed by atoms with Gasteiger partial charge in [0.25, 0.3) is 5.88 Å². The fourth-order valence-corrected chi connectivity index (χ4v) is 4.14. The maximum atomic E-state index is 12.8.